The molecular formula is C10H10N2. The average molecular weight is 158 g/mol. The van der Waals surface area contributed by atoms with E-state index in [4.69, 9.17) is 0 Å². The normalized spacial score (nSPS) is 14.9. The molecule has 0 saturated heterocycles. The summed E-state index contributed by atoms with van der Waals surface area (Å²) in [5, 5.41) is 0. The molecule has 2 heteroatoms. The maximum Gasteiger partial charge on any atom is 0.154 e. The van der Waals surface area contributed by atoms with Crippen molar-refractivity contribution in [2.45, 2.75) is 6.92 Å². The first-order valence-corrected chi connectivity index (χ1v) is 4.00. The Morgan fingerprint density at radius 1 is 1.17 bits per heavy atom. The summed E-state index contributed by atoms with van der Waals surface area (Å²) in [6, 6.07) is 8.25. The van der Waals surface area contributed by atoms with E-state index in [-0.39, 0.29) is 0 Å². The Bertz CT molecular complexity index is 333. The topological polar surface area (TPSA) is 24.7 Å². The van der Waals surface area contributed by atoms with Crippen molar-refractivity contribution in [3.63, 3.8) is 0 Å². The Balaban J connectivity index is 2.35. The minimum absolute atomic E-state index is 0.725. The number of hydrogen-bond donors (Lipinski definition) is 0. The van der Waals surface area contributed by atoms with Gasteiger partial charge in [0.2, 0.25) is 0 Å². The molecule has 0 aliphatic carbocycles. The zero-order valence-corrected chi connectivity index (χ0v) is 6.99. The van der Waals surface area contributed by atoms with Crippen molar-refractivity contribution in [1.29, 1.82) is 0 Å². The number of rotatable bonds is 1. The van der Waals surface area contributed by atoms with Gasteiger partial charge in [0.15, 0.2) is 5.84 Å². The van der Waals surface area contributed by atoms with Crippen LogP contribution in [0.3, 0.4) is 0 Å². The Labute approximate surface area is 71.7 Å². The van der Waals surface area contributed by atoms with E-state index in [1.54, 1.807) is 0 Å². The first kappa shape index (κ1) is 7.22. The van der Waals surface area contributed by atoms with E-state index >= 15 is 0 Å². The Morgan fingerprint density at radius 3 is 2.50 bits per heavy atom. The highest BCUT2D eigenvalue weighted by molar-refractivity contribution is 6.06. The molecule has 2 nitrogen and oxygen atoms in total. The van der Waals surface area contributed by atoms with Crippen molar-refractivity contribution >= 4 is 12.1 Å². The smallest absolute Gasteiger partial charge is 0.154 e. The van der Waals surface area contributed by atoms with Gasteiger partial charge < -0.3 is 0 Å². The van der Waals surface area contributed by atoms with Crippen molar-refractivity contribution in [1.82, 2.24) is 0 Å². The van der Waals surface area contributed by atoms with Crippen LogP contribution in [-0.4, -0.2) is 18.6 Å². The Hall–Kier alpha value is -1.44. The van der Waals surface area contributed by atoms with Gasteiger partial charge in [0, 0.05) is 11.8 Å². The van der Waals surface area contributed by atoms with Crippen LogP contribution in [0.4, 0.5) is 0 Å². The van der Waals surface area contributed by atoms with E-state index in [1.165, 1.54) is 5.56 Å². The molecular weight excluding hydrogens is 148 g/mol. The molecule has 0 radical (unpaired) electrons. The fourth-order valence-corrected chi connectivity index (χ4v) is 1.16. The van der Waals surface area contributed by atoms with Crippen LogP contribution in [0.25, 0.3) is 0 Å². The maximum absolute atomic E-state index is 4.23. The van der Waals surface area contributed by atoms with Crippen LogP contribution in [-0.2, 0) is 0 Å². The van der Waals surface area contributed by atoms with Gasteiger partial charge in [-0.1, -0.05) is 29.8 Å². The number of nitrogens with zero attached hydrogens (tertiary/aromatic N) is 2. The minimum Gasteiger partial charge on any atom is -0.260 e. The number of aryl methyl sites for hydroxylation is 1. The number of aliphatic imine (C=N–C) groups is 2. The summed E-state index contributed by atoms with van der Waals surface area (Å²) >= 11 is 0. The lowest BCUT2D eigenvalue weighted by Gasteiger charge is -1.97. The van der Waals surface area contributed by atoms with Crippen LogP contribution >= 0.6 is 0 Å². The molecule has 1 aromatic carbocycles. The predicted octanol–water partition coefficient (Wildman–Crippen LogP) is 1.83. The highest BCUT2D eigenvalue weighted by Gasteiger charge is 2.02. The zero-order valence-electron chi connectivity index (χ0n) is 6.99. The van der Waals surface area contributed by atoms with E-state index in [0.717, 1.165) is 17.9 Å². The molecule has 0 fully saturated rings. The third kappa shape index (κ3) is 1.28. The van der Waals surface area contributed by atoms with Crippen molar-refractivity contribution < 1.29 is 0 Å². The molecule has 0 unspecified atom stereocenters. The standard InChI is InChI=1S/C10H10N2/c1-8-2-4-9(5-3-8)10-11-6-7-12-10/h2-6H,7H2,1H3. The molecule has 0 atom stereocenters. The van der Waals surface area contributed by atoms with Crippen molar-refractivity contribution in [2.75, 3.05) is 6.54 Å². The quantitative estimate of drug-likeness (QED) is 0.595. The number of benzene rings is 1. The van der Waals surface area contributed by atoms with E-state index < -0.39 is 0 Å². The van der Waals surface area contributed by atoms with Crippen LogP contribution in [0.1, 0.15) is 11.1 Å². The third-order valence-corrected chi connectivity index (χ3v) is 1.85. The van der Waals surface area contributed by atoms with E-state index in [2.05, 4.69) is 41.2 Å². The van der Waals surface area contributed by atoms with Gasteiger partial charge in [0.1, 0.15) is 0 Å². The predicted molar refractivity (Wildman–Crippen MR) is 51.1 cm³/mol. The second kappa shape index (κ2) is 2.89. The summed E-state index contributed by atoms with van der Waals surface area (Å²) in [6.07, 6.45) is 1.83. The highest BCUT2D eigenvalue weighted by atomic mass is 15.0. The van der Waals surface area contributed by atoms with Gasteiger partial charge in [-0.2, -0.15) is 0 Å². The fourth-order valence-electron chi connectivity index (χ4n) is 1.16. The summed E-state index contributed by atoms with van der Waals surface area (Å²) in [4.78, 5) is 8.39. The molecule has 1 heterocycles. The van der Waals surface area contributed by atoms with Gasteiger partial charge in [0.05, 0.1) is 6.54 Å². The maximum atomic E-state index is 4.23. The largest absolute Gasteiger partial charge is 0.260 e. The van der Waals surface area contributed by atoms with Gasteiger partial charge in [-0.15, -0.1) is 0 Å². The second-order valence-corrected chi connectivity index (χ2v) is 2.84. The number of hydrogen-bond acceptors (Lipinski definition) is 2. The fraction of sp³-hybridized carbons (Fsp3) is 0.200. The van der Waals surface area contributed by atoms with Crippen LogP contribution in [0.2, 0.25) is 0 Å². The SMILES string of the molecule is Cc1ccc(C2=NCC=N2)cc1. The Morgan fingerprint density at radius 2 is 1.92 bits per heavy atom. The van der Waals surface area contributed by atoms with Crippen LogP contribution < -0.4 is 0 Å². The van der Waals surface area contributed by atoms with Gasteiger partial charge in [-0.3, -0.25) is 4.99 Å². The van der Waals surface area contributed by atoms with E-state index in [0.29, 0.717) is 0 Å². The van der Waals surface area contributed by atoms with Gasteiger partial charge in [0.25, 0.3) is 0 Å². The molecule has 0 spiro atoms. The summed E-state index contributed by atoms with van der Waals surface area (Å²) in [7, 11) is 0. The summed E-state index contributed by atoms with van der Waals surface area (Å²) < 4.78 is 0. The van der Waals surface area contributed by atoms with Crippen molar-refractivity contribution in [3.05, 3.63) is 35.4 Å². The average Bonchev–Trinajstić information content (AvgIpc) is 2.58. The molecule has 2 rings (SSSR count). The molecule has 0 bridgehead atoms. The van der Waals surface area contributed by atoms with Gasteiger partial charge in [-0.25, -0.2) is 4.99 Å². The summed E-state index contributed by atoms with van der Waals surface area (Å²) in [6.45, 7) is 2.80. The van der Waals surface area contributed by atoms with Gasteiger partial charge >= 0.3 is 0 Å². The molecule has 1 aliphatic heterocycles. The van der Waals surface area contributed by atoms with E-state index in [1.807, 2.05) is 6.21 Å². The molecule has 60 valence electrons. The zero-order chi connectivity index (χ0) is 8.39. The summed E-state index contributed by atoms with van der Waals surface area (Å²) in [5.41, 5.74) is 2.37. The van der Waals surface area contributed by atoms with E-state index in [9.17, 15) is 0 Å². The first-order valence-electron chi connectivity index (χ1n) is 4.00. The minimum atomic E-state index is 0.725. The molecule has 0 aromatic heterocycles. The van der Waals surface area contributed by atoms with Crippen molar-refractivity contribution in [2.24, 2.45) is 9.98 Å². The molecule has 1 aliphatic rings. The lowest BCUT2D eigenvalue weighted by Crippen LogP contribution is -1.92. The summed E-state index contributed by atoms with van der Waals surface area (Å²) in [5.74, 6) is 0.856. The van der Waals surface area contributed by atoms with Crippen molar-refractivity contribution in [3.8, 4) is 0 Å². The number of amidine groups is 1. The Kier molecular flexibility index (Phi) is 1.74. The third-order valence-electron chi connectivity index (χ3n) is 1.85. The molecule has 0 amide bonds. The molecule has 1 aromatic rings. The highest BCUT2D eigenvalue weighted by Crippen LogP contribution is 2.07. The first-order chi connectivity index (χ1) is 5.86. The van der Waals surface area contributed by atoms with Crippen LogP contribution in [0.15, 0.2) is 34.3 Å². The molecule has 12 heavy (non-hydrogen) atoms. The lowest BCUT2D eigenvalue weighted by atomic mass is 10.1. The monoisotopic (exact) mass is 158 g/mol. The van der Waals surface area contributed by atoms with Crippen LogP contribution in [0, 0.1) is 6.92 Å². The molecule has 0 N–H and O–H groups in total. The van der Waals surface area contributed by atoms with Crippen LogP contribution in [0.5, 0.6) is 0 Å². The molecule has 0 saturated carbocycles. The lowest BCUT2D eigenvalue weighted by molar-refractivity contribution is 1.35. The second-order valence-electron chi connectivity index (χ2n) is 2.84. The van der Waals surface area contributed by atoms with Gasteiger partial charge in [-0.05, 0) is 6.92 Å².